The van der Waals surface area contributed by atoms with E-state index in [0.717, 1.165) is 29.1 Å². The SMILES string of the molecule is CCc1ccc(C(=O)N2CCC3(CC2)Oc2cc(Cl)ccc2-n2cccc23)cc1O.[HH]. The topological polar surface area (TPSA) is 54.7 Å². The van der Waals surface area contributed by atoms with Crippen molar-refractivity contribution in [2.24, 2.45) is 0 Å². The highest BCUT2D eigenvalue weighted by molar-refractivity contribution is 6.30. The Bertz CT molecular complexity index is 1140. The van der Waals surface area contributed by atoms with E-state index < -0.39 is 5.60 Å². The van der Waals surface area contributed by atoms with E-state index in [2.05, 4.69) is 10.6 Å². The lowest BCUT2D eigenvalue weighted by Crippen LogP contribution is -2.50. The van der Waals surface area contributed by atoms with Crippen molar-refractivity contribution in [2.45, 2.75) is 31.8 Å². The Hall–Kier alpha value is -2.92. The number of halogens is 1. The first-order valence-corrected chi connectivity index (χ1v) is 10.7. The largest absolute Gasteiger partial charge is 0.508 e. The zero-order chi connectivity index (χ0) is 20.9. The Morgan fingerprint density at radius 2 is 2.00 bits per heavy atom. The van der Waals surface area contributed by atoms with Gasteiger partial charge in [0.05, 0.1) is 11.4 Å². The molecule has 2 aliphatic rings. The molecule has 2 aromatic carbocycles. The van der Waals surface area contributed by atoms with Crippen LogP contribution in [0.15, 0.2) is 54.7 Å². The third-order valence-electron chi connectivity index (χ3n) is 6.27. The number of aromatic nitrogens is 1. The molecule has 1 saturated heterocycles. The van der Waals surface area contributed by atoms with Crippen molar-refractivity contribution in [3.8, 4) is 17.2 Å². The normalized spacial score (nSPS) is 16.7. The van der Waals surface area contributed by atoms with Crippen molar-refractivity contribution in [1.29, 1.82) is 0 Å². The zero-order valence-corrected chi connectivity index (χ0v) is 17.5. The predicted molar refractivity (Wildman–Crippen MR) is 118 cm³/mol. The second kappa shape index (κ2) is 7.10. The van der Waals surface area contributed by atoms with E-state index in [-0.39, 0.29) is 13.1 Å². The molecule has 1 aromatic heterocycles. The molecule has 0 atom stereocenters. The third-order valence-corrected chi connectivity index (χ3v) is 6.51. The average molecular weight is 425 g/mol. The maximum atomic E-state index is 13.0. The van der Waals surface area contributed by atoms with Crippen LogP contribution in [0.5, 0.6) is 11.5 Å². The summed E-state index contributed by atoms with van der Waals surface area (Å²) in [6, 6.07) is 15.0. The molecule has 0 bridgehead atoms. The van der Waals surface area contributed by atoms with Crippen molar-refractivity contribution >= 4 is 17.5 Å². The number of aryl methyl sites for hydroxylation is 1. The molecule has 156 valence electrons. The fourth-order valence-electron chi connectivity index (χ4n) is 4.60. The summed E-state index contributed by atoms with van der Waals surface area (Å²) < 4.78 is 8.69. The monoisotopic (exact) mass is 424 g/mol. The van der Waals surface area contributed by atoms with Gasteiger partial charge in [-0.3, -0.25) is 4.79 Å². The first kappa shape index (κ1) is 19.1. The molecular formula is C24H25ClN2O3. The number of amides is 1. The molecule has 5 rings (SSSR count). The van der Waals surface area contributed by atoms with Crippen LogP contribution in [0.3, 0.4) is 0 Å². The highest BCUT2D eigenvalue weighted by Crippen LogP contribution is 2.45. The smallest absolute Gasteiger partial charge is 0.253 e. The van der Waals surface area contributed by atoms with E-state index >= 15 is 0 Å². The number of piperidine rings is 1. The number of hydrogen-bond acceptors (Lipinski definition) is 3. The first-order valence-electron chi connectivity index (χ1n) is 10.3. The van der Waals surface area contributed by atoms with E-state index in [0.29, 0.717) is 36.5 Å². The van der Waals surface area contributed by atoms with E-state index in [4.69, 9.17) is 16.3 Å². The summed E-state index contributed by atoms with van der Waals surface area (Å²) in [7, 11) is 0. The maximum absolute atomic E-state index is 13.0. The molecule has 30 heavy (non-hydrogen) atoms. The molecule has 2 aliphatic heterocycles. The second-order valence-corrected chi connectivity index (χ2v) is 8.40. The number of nitrogens with zero attached hydrogens (tertiary/aromatic N) is 2. The highest BCUT2D eigenvalue weighted by atomic mass is 35.5. The van der Waals surface area contributed by atoms with E-state index in [1.807, 2.05) is 48.4 Å². The minimum atomic E-state index is -0.480. The summed E-state index contributed by atoms with van der Waals surface area (Å²) in [6.07, 6.45) is 4.15. The Balaban J connectivity index is 0.00000231. The summed E-state index contributed by atoms with van der Waals surface area (Å²) in [5.74, 6) is 0.891. The van der Waals surface area contributed by atoms with Crippen LogP contribution in [0.1, 0.15) is 42.8 Å². The summed E-state index contributed by atoms with van der Waals surface area (Å²) >= 11 is 6.21. The van der Waals surface area contributed by atoms with Crippen LogP contribution >= 0.6 is 11.6 Å². The minimum absolute atomic E-state index is 0. The molecule has 0 unspecified atom stereocenters. The average Bonchev–Trinajstić information content (AvgIpc) is 3.25. The van der Waals surface area contributed by atoms with Crippen LogP contribution in [0, 0.1) is 0 Å². The number of phenols is 1. The number of ether oxygens (including phenoxy) is 1. The molecule has 1 fully saturated rings. The standard InChI is InChI=1S/C24H23ClN2O3.H2/c1-2-16-5-6-17(14-20(16)28)23(29)26-12-9-24(10-13-26)22-4-3-11-27(22)19-8-7-18(25)15-21(19)30-24;/h3-8,11,14-15,28H,2,9-10,12-13H2,1H3;1H. The van der Waals surface area contributed by atoms with Crippen molar-refractivity contribution in [1.82, 2.24) is 9.47 Å². The highest BCUT2D eigenvalue weighted by Gasteiger charge is 2.44. The molecule has 5 nitrogen and oxygen atoms in total. The van der Waals surface area contributed by atoms with Gasteiger partial charge in [-0.15, -0.1) is 0 Å². The number of likely N-dealkylation sites (tertiary alicyclic amines) is 1. The molecule has 1 N–H and O–H groups in total. The molecule has 0 saturated carbocycles. The summed E-state index contributed by atoms with van der Waals surface area (Å²) in [5, 5.41) is 10.8. The molecular weight excluding hydrogens is 400 g/mol. The Labute approximate surface area is 181 Å². The second-order valence-electron chi connectivity index (χ2n) is 7.96. The Kier molecular flexibility index (Phi) is 4.51. The van der Waals surface area contributed by atoms with E-state index in [9.17, 15) is 9.90 Å². The fourth-order valence-corrected chi connectivity index (χ4v) is 4.76. The van der Waals surface area contributed by atoms with Crippen LogP contribution in [0.25, 0.3) is 5.69 Å². The van der Waals surface area contributed by atoms with Gasteiger partial charge in [-0.2, -0.15) is 0 Å². The number of aromatic hydroxyl groups is 1. The number of phenolic OH excluding ortho intramolecular Hbond substituents is 1. The van der Waals surface area contributed by atoms with Crippen LogP contribution in [0.4, 0.5) is 0 Å². The zero-order valence-electron chi connectivity index (χ0n) is 16.8. The van der Waals surface area contributed by atoms with Gasteiger partial charge in [0.25, 0.3) is 5.91 Å². The van der Waals surface area contributed by atoms with Gasteiger partial charge in [0.1, 0.15) is 11.5 Å². The van der Waals surface area contributed by atoms with Crippen LogP contribution in [0.2, 0.25) is 5.02 Å². The van der Waals surface area contributed by atoms with Gasteiger partial charge in [0.15, 0.2) is 5.60 Å². The van der Waals surface area contributed by atoms with Crippen LogP contribution in [-0.2, 0) is 12.0 Å². The minimum Gasteiger partial charge on any atom is -0.508 e. The third kappa shape index (κ3) is 2.96. The number of hydrogen-bond donors (Lipinski definition) is 1. The number of carbonyl (C=O) groups excluding carboxylic acids is 1. The number of carbonyl (C=O) groups is 1. The molecule has 6 heteroatoms. The van der Waals surface area contributed by atoms with Gasteiger partial charge in [0, 0.05) is 50.2 Å². The van der Waals surface area contributed by atoms with Crippen LogP contribution < -0.4 is 4.74 Å². The quantitative estimate of drug-likeness (QED) is 0.617. The number of rotatable bonds is 2. The lowest BCUT2D eigenvalue weighted by molar-refractivity contribution is -0.00930. The molecule has 0 aliphatic carbocycles. The first-order chi connectivity index (χ1) is 14.5. The van der Waals surface area contributed by atoms with Crippen LogP contribution in [-0.4, -0.2) is 33.6 Å². The van der Waals surface area contributed by atoms with Gasteiger partial charge < -0.3 is 19.3 Å². The molecule has 0 radical (unpaired) electrons. The van der Waals surface area contributed by atoms with E-state index in [1.54, 1.807) is 12.1 Å². The summed E-state index contributed by atoms with van der Waals surface area (Å²) in [6.45, 7) is 3.14. The fraction of sp³-hybridized carbons (Fsp3) is 0.292. The Morgan fingerprint density at radius 3 is 2.73 bits per heavy atom. The summed E-state index contributed by atoms with van der Waals surface area (Å²) in [5.41, 5.74) is 2.97. The number of fused-ring (bicyclic) bond motifs is 4. The lowest BCUT2D eigenvalue weighted by atomic mass is 9.86. The number of benzene rings is 2. The predicted octanol–water partition coefficient (Wildman–Crippen LogP) is 5.17. The van der Waals surface area contributed by atoms with Crippen molar-refractivity contribution in [2.75, 3.05) is 13.1 Å². The van der Waals surface area contributed by atoms with Gasteiger partial charge in [0.2, 0.25) is 0 Å². The van der Waals surface area contributed by atoms with E-state index in [1.165, 1.54) is 0 Å². The molecule has 3 aromatic rings. The van der Waals surface area contributed by atoms with Crippen molar-refractivity contribution < 1.29 is 16.1 Å². The molecule has 1 spiro atoms. The Morgan fingerprint density at radius 1 is 1.20 bits per heavy atom. The van der Waals surface area contributed by atoms with Gasteiger partial charge in [-0.25, -0.2) is 0 Å². The van der Waals surface area contributed by atoms with Gasteiger partial charge >= 0.3 is 0 Å². The van der Waals surface area contributed by atoms with Gasteiger partial charge in [-0.1, -0.05) is 24.6 Å². The van der Waals surface area contributed by atoms with Crippen molar-refractivity contribution in [3.63, 3.8) is 0 Å². The van der Waals surface area contributed by atoms with Crippen molar-refractivity contribution in [3.05, 3.63) is 76.6 Å². The molecule has 3 heterocycles. The maximum Gasteiger partial charge on any atom is 0.253 e. The lowest BCUT2D eigenvalue weighted by Gasteiger charge is -2.45. The summed E-state index contributed by atoms with van der Waals surface area (Å²) in [4.78, 5) is 14.9. The van der Waals surface area contributed by atoms with Gasteiger partial charge in [-0.05, 0) is 48.4 Å². The molecule has 1 amide bonds.